The van der Waals surface area contributed by atoms with E-state index in [9.17, 15) is 19.3 Å². The van der Waals surface area contributed by atoms with Crippen LogP contribution in [0.4, 0.5) is 10.1 Å². The van der Waals surface area contributed by atoms with Crippen LogP contribution in [0.25, 0.3) is 10.2 Å². The van der Waals surface area contributed by atoms with Crippen LogP contribution >= 0.6 is 11.3 Å². The standard InChI is InChI=1S/C16H12FN3O3S/c1-2-19-13-8-7-10(20(22)23)9-14(13)24-16(19)18-15(21)11-5-3-4-6-12(11)17/h3-9H,2H2,1H3. The first-order valence-corrected chi connectivity index (χ1v) is 7.94. The molecule has 122 valence electrons. The molecule has 24 heavy (non-hydrogen) atoms. The number of hydrogen-bond acceptors (Lipinski definition) is 4. The van der Waals surface area contributed by atoms with Gasteiger partial charge in [0.25, 0.3) is 11.6 Å². The Bertz CT molecular complexity index is 1020. The number of thiazole rings is 1. The predicted octanol–water partition coefficient (Wildman–Crippen LogP) is 3.51. The Labute approximate surface area is 139 Å². The third-order valence-electron chi connectivity index (χ3n) is 3.49. The molecule has 1 heterocycles. The molecule has 0 spiro atoms. The van der Waals surface area contributed by atoms with Gasteiger partial charge in [-0.05, 0) is 25.1 Å². The highest BCUT2D eigenvalue weighted by atomic mass is 32.1. The van der Waals surface area contributed by atoms with E-state index in [-0.39, 0.29) is 11.3 Å². The van der Waals surface area contributed by atoms with Crippen LogP contribution in [-0.4, -0.2) is 15.4 Å². The number of amides is 1. The molecule has 1 aromatic heterocycles. The number of hydrogen-bond donors (Lipinski definition) is 0. The highest BCUT2D eigenvalue weighted by molar-refractivity contribution is 7.16. The van der Waals surface area contributed by atoms with Gasteiger partial charge < -0.3 is 4.57 Å². The minimum Gasteiger partial charge on any atom is -0.317 e. The maximum atomic E-state index is 13.7. The van der Waals surface area contributed by atoms with Crippen molar-refractivity contribution in [3.05, 3.63) is 68.8 Å². The number of nitro groups is 1. The monoisotopic (exact) mass is 345 g/mol. The molecule has 3 rings (SSSR count). The molecule has 0 aliphatic rings. The molecule has 3 aromatic rings. The van der Waals surface area contributed by atoms with Crippen molar-refractivity contribution in [1.29, 1.82) is 0 Å². The summed E-state index contributed by atoms with van der Waals surface area (Å²) in [6.45, 7) is 2.40. The first-order chi connectivity index (χ1) is 11.5. The quantitative estimate of drug-likeness (QED) is 0.538. The number of rotatable bonds is 3. The Morgan fingerprint density at radius 3 is 2.75 bits per heavy atom. The average molecular weight is 345 g/mol. The van der Waals surface area contributed by atoms with Crippen molar-refractivity contribution in [2.75, 3.05) is 0 Å². The van der Waals surface area contributed by atoms with Crippen LogP contribution in [0, 0.1) is 15.9 Å². The third-order valence-corrected chi connectivity index (χ3v) is 4.54. The highest BCUT2D eigenvalue weighted by Crippen LogP contribution is 2.23. The maximum Gasteiger partial charge on any atom is 0.282 e. The Balaban J connectivity index is 2.16. The maximum absolute atomic E-state index is 13.7. The van der Waals surface area contributed by atoms with Crippen molar-refractivity contribution in [2.45, 2.75) is 13.5 Å². The van der Waals surface area contributed by atoms with E-state index in [0.29, 0.717) is 16.0 Å². The van der Waals surface area contributed by atoms with Gasteiger partial charge in [-0.1, -0.05) is 23.5 Å². The first kappa shape index (κ1) is 16.0. The summed E-state index contributed by atoms with van der Waals surface area (Å²) in [5.74, 6) is -1.32. The van der Waals surface area contributed by atoms with Crippen molar-refractivity contribution in [2.24, 2.45) is 4.99 Å². The van der Waals surface area contributed by atoms with Gasteiger partial charge in [-0.15, -0.1) is 0 Å². The summed E-state index contributed by atoms with van der Waals surface area (Å²) < 4.78 is 16.1. The minimum atomic E-state index is -0.684. The number of non-ortho nitro benzene ring substituents is 1. The van der Waals surface area contributed by atoms with Crippen molar-refractivity contribution < 1.29 is 14.1 Å². The van der Waals surface area contributed by atoms with Crippen LogP contribution in [0.5, 0.6) is 0 Å². The van der Waals surface area contributed by atoms with Gasteiger partial charge in [-0.3, -0.25) is 14.9 Å². The van der Waals surface area contributed by atoms with E-state index in [4.69, 9.17) is 0 Å². The molecule has 6 nitrogen and oxygen atoms in total. The summed E-state index contributed by atoms with van der Waals surface area (Å²) in [5, 5.41) is 10.9. The number of carbonyl (C=O) groups excluding carboxylic acids is 1. The van der Waals surface area contributed by atoms with Gasteiger partial charge in [-0.25, -0.2) is 4.39 Å². The molecule has 8 heteroatoms. The average Bonchev–Trinajstić information content (AvgIpc) is 2.91. The molecule has 0 aliphatic carbocycles. The molecule has 0 saturated heterocycles. The number of aromatic nitrogens is 1. The number of nitrogens with zero attached hydrogens (tertiary/aromatic N) is 3. The fourth-order valence-corrected chi connectivity index (χ4v) is 3.47. The molecule has 0 aliphatic heterocycles. The van der Waals surface area contributed by atoms with E-state index < -0.39 is 16.6 Å². The molecular formula is C16H12FN3O3S. The Kier molecular flexibility index (Phi) is 4.22. The Morgan fingerprint density at radius 1 is 1.33 bits per heavy atom. The lowest BCUT2D eigenvalue weighted by molar-refractivity contribution is -0.384. The van der Waals surface area contributed by atoms with Crippen molar-refractivity contribution in [3.8, 4) is 0 Å². The van der Waals surface area contributed by atoms with Gasteiger partial charge in [0.1, 0.15) is 5.82 Å². The number of fused-ring (bicyclic) bond motifs is 1. The molecular weight excluding hydrogens is 333 g/mol. The second kappa shape index (κ2) is 6.32. The molecule has 0 bridgehead atoms. The lowest BCUT2D eigenvalue weighted by Gasteiger charge is -2.00. The topological polar surface area (TPSA) is 77.5 Å². The zero-order valence-electron chi connectivity index (χ0n) is 12.6. The summed E-state index contributed by atoms with van der Waals surface area (Å²) >= 11 is 1.16. The van der Waals surface area contributed by atoms with E-state index in [1.807, 2.05) is 6.92 Å². The number of carbonyl (C=O) groups is 1. The van der Waals surface area contributed by atoms with E-state index in [2.05, 4.69) is 4.99 Å². The zero-order valence-corrected chi connectivity index (χ0v) is 13.4. The molecule has 0 fully saturated rings. The third kappa shape index (κ3) is 2.83. The summed E-state index contributed by atoms with van der Waals surface area (Å²) in [6, 6.07) is 10.1. The molecule has 0 radical (unpaired) electrons. The lowest BCUT2D eigenvalue weighted by Crippen LogP contribution is -2.16. The van der Waals surface area contributed by atoms with Crippen molar-refractivity contribution >= 4 is 33.1 Å². The van der Waals surface area contributed by atoms with Crippen molar-refractivity contribution in [1.82, 2.24) is 4.57 Å². The van der Waals surface area contributed by atoms with Gasteiger partial charge in [-0.2, -0.15) is 4.99 Å². The smallest absolute Gasteiger partial charge is 0.282 e. The Morgan fingerprint density at radius 2 is 2.08 bits per heavy atom. The number of benzene rings is 2. The number of aryl methyl sites for hydroxylation is 1. The van der Waals surface area contributed by atoms with E-state index >= 15 is 0 Å². The molecule has 2 aromatic carbocycles. The van der Waals surface area contributed by atoms with E-state index in [0.717, 1.165) is 16.9 Å². The summed E-state index contributed by atoms with van der Waals surface area (Å²) in [7, 11) is 0. The van der Waals surface area contributed by atoms with Gasteiger partial charge in [0.15, 0.2) is 4.80 Å². The predicted molar refractivity (Wildman–Crippen MR) is 88.4 cm³/mol. The van der Waals surface area contributed by atoms with Gasteiger partial charge >= 0.3 is 0 Å². The lowest BCUT2D eigenvalue weighted by atomic mass is 10.2. The zero-order chi connectivity index (χ0) is 17.3. The molecule has 0 unspecified atom stereocenters. The SMILES string of the molecule is CCn1c(=NC(=O)c2ccccc2F)sc2cc([N+](=O)[O-])ccc21. The van der Waals surface area contributed by atoms with Crippen LogP contribution in [0.15, 0.2) is 47.5 Å². The fourth-order valence-electron chi connectivity index (χ4n) is 2.35. The molecule has 0 atom stereocenters. The van der Waals surface area contributed by atoms with Crippen LogP contribution in [0.2, 0.25) is 0 Å². The molecule has 1 amide bonds. The summed E-state index contributed by atoms with van der Waals surface area (Å²) in [4.78, 5) is 27.0. The highest BCUT2D eigenvalue weighted by Gasteiger charge is 2.14. The Hall–Kier alpha value is -2.87. The molecule has 0 N–H and O–H groups in total. The van der Waals surface area contributed by atoms with Crippen molar-refractivity contribution in [3.63, 3.8) is 0 Å². The van der Waals surface area contributed by atoms with E-state index in [1.54, 1.807) is 16.7 Å². The van der Waals surface area contributed by atoms with Gasteiger partial charge in [0.05, 0.1) is 20.7 Å². The van der Waals surface area contributed by atoms with Crippen LogP contribution in [0.3, 0.4) is 0 Å². The second-order valence-electron chi connectivity index (χ2n) is 4.93. The number of nitro benzene ring substituents is 1. The number of halogens is 1. The summed E-state index contributed by atoms with van der Waals surface area (Å²) in [5.41, 5.74) is 0.607. The molecule has 0 saturated carbocycles. The summed E-state index contributed by atoms with van der Waals surface area (Å²) in [6.07, 6.45) is 0. The van der Waals surface area contributed by atoms with Gasteiger partial charge in [0.2, 0.25) is 0 Å². The van der Waals surface area contributed by atoms with Crippen LogP contribution in [-0.2, 0) is 6.54 Å². The second-order valence-corrected chi connectivity index (χ2v) is 5.94. The van der Waals surface area contributed by atoms with Gasteiger partial charge in [0, 0.05) is 18.7 Å². The van der Waals surface area contributed by atoms with Crippen LogP contribution in [0.1, 0.15) is 17.3 Å². The normalized spacial score (nSPS) is 11.8. The minimum absolute atomic E-state index is 0.0287. The van der Waals surface area contributed by atoms with Crippen LogP contribution < -0.4 is 4.80 Å². The van der Waals surface area contributed by atoms with E-state index in [1.165, 1.54) is 30.3 Å². The largest absolute Gasteiger partial charge is 0.317 e. The first-order valence-electron chi connectivity index (χ1n) is 7.12. The fraction of sp³-hybridized carbons (Fsp3) is 0.125.